The maximum absolute atomic E-state index is 8.79. The third kappa shape index (κ3) is 3.70. The summed E-state index contributed by atoms with van der Waals surface area (Å²) in [5.41, 5.74) is 1.65. The van der Waals surface area contributed by atoms with Gasteiger partial charge in [0.2, 0.25) is 0 Å². The highest BCUT2D eigenvalue weighted by Gasteiger charge is 2.07. The van der Waals surface area contributed by atoms with Crippen LogP contribution in [0.4, 0.5) is 0 Å². The zero-order valence-electron chi connectivity index (χ0n) is 11.9. The first-order chi connectivity index (χ1) is 9.72. The Morgan fingerprint density at radius 1 is 1.20 bits per heavy atom. The molecule has 4 nitrogen and oxygen atoms in total. The molecule has 0 spiro atoms. The van der Waals surface area contributed by atoms with Crippen LogP contribution in [0.25, 0.3) is 11.3 Å². The summed E-state index contributed by atoms with van der Waals surface area (Å²) >= 11 is 0. The van der Waals surface area contributed by atoms with Crippen molar-refractivity contribution in [2.24, 2.45) is 0 Å². The van der Waals surface area contributed by atoms with E-state index in [0.29, 0.717) is 5.56 Å². The molecule has 0 radical (unpaired) electrons. The summed E-state index contributed by atoms with van der Waals surface area (Å²) in [7, 11) is 4.02. The number of rotatable bonds is 6. The van der Waals surface area contributed by atoms with Gasteiger partial charge < -0.3 is 9.73 Å². The molecule has 1 aromatic carbocycles. The fourth-order valence-corrected chi connectivity index (χ4v) is 1.97. The first kappa shape index (κ1) is 14.3. The Morgan fingerprint density at radius 3 is 2.60 bits per heavy atom. The quantitative estimate of drug-likeness (QED) is 0.875. The van der Waals surface area contributed by atoms with Gasteiger partial charge in [0.1, 0.15) is 11.5 Å². The average molecular weight is 269 g/mol. The summed E-state index contributed by atoms with van der Waals surface area (Å²) in [5.74, 6) is 1.79. The highest BCUT2D eigenvalue weighted by molar-refractivity contribution is 5.58. The van der Waals surface area contributed by atoms with Crippen LogP contribution < -0.4 is 5.32 Å². The van der Waals surface area contributed by atoms with Crippen LogP contribution >= 0.6 is 0 Å². The number of nitrogens with zero attached hydrogens (tertiary/aromatic N) is 2. The van der Waals surface area contributed by atoms with Crippen LogP contribution in [0.5, 0.6) is 0 Å². The summed E-state index contributed by atoms with van der Waals surface area (Å²) < 4.78 is 5.85. The van der Waals surface area contributed by atoms with Gasteiger partial charge in [0.25, 0.3) is 0 Å². The van der Waals surface area contributed by atoms with Crippen LogP contribution in [-0.4, -0.2) is 32.1 Å². The zero-order valence-corrected chi connectivity index (χ0v) is 11.9. The predicted octanol–water partition coefficient (Wildman–Crippen LogP) is 2.47. The first-order valence-electron chi connectivity index (χ1n) is 6.65. The molecule has 0 fully saturated rings. The van der Waals surface area contributed by atoms with Gasteiger partial charge in [0.15, 0.2) is 0 Å². The first-order valence-corrected chi connectivity index (χ1v) is 6.65. The minimum absolute atomic E-state index is 0.660. The van der Waals surface area contributed by atoms with Crippen LogP contribution in [0, 0.1) is 11.3 Å². The molecule has 1 heterocycles. The lowest BCUT2D eigenvalue weighted by Gasteiger charge is -2.14. The van der Waals surface area contributed by atoms with Crippen molar-refractivity contribution in [2.45, 2.75) is 6.54 Å². The highest BCUT2D eigenvalue weighted by atomic mass is 16.3. The van der Waals surface area contributed by atoms with E-state index < -0.39 is 0 Å². The number of nitrogens with one attached hydrogen (secondary N) is 1. The van der Waals surface area contributed by atoms with E-state index in [0.717, 1.165) is 36.7 Å². The average Bonchev–Trinajstić information content (AvgIpc) is 2.93. The van der Waals surface area contributed by atoms with Gasteiger partial charge in [-0.3, -0.25) is 4.90 Å². The van der Waals surface area contributed by atoms with E-state index in [1.807, 2.05) is 31.3 Å². The molecule has 4 heteroatoms. The normalized spacial score (nSPS) is 10.7. The molecule has 0 unspecified atom stereocenters. The van der Waals surface area contributed by atoms with Gasteiger partial charge >= 0.3 is 0 Å². The van der Waals surface area contributed by atoms with E-state index in [1.54, 1.807) is 12.1 Å². The molecule has 0 aliphatic heterocycles. The minimum atomic E-state index is 0.660. The Morgan fingerprint density at radius 2 is 1.95 bits per heavy atom. The van der Waals surface area contributed by atoms with Crippen LogP contribution in [0.2, 0.25) is 0 Å². The Hall–Kier alpha value is -2.09. The molecule has 104 valence electrons. The molecule has 0 aliphatic rings. The summed E-state index contributed by atoms with van der Waals surface area (Å²) in [6.45, 7) is 2.72. The van der Waals surface area contributed by atoms with Gasteiger partial charge in [-0.25, -0.2) is 0 Å². The largest absolute Gasteiger partial charge is 0.460 e. The molecule has 1 N–H and O–H groups in total. The maximum Gasteiger partial charge on any atom is 0.134 e. The summed E-state index contributed by atoms with van der Waals surface area (Å²) in [6, 6.07) is 13.5. The van der Waals surface area contributed by atoms with Crippen LogP contribution in [-0.2, 0) is 6.54 Å². The highest BCUT2D eigenvalue weighted by Crippen LogP contribution is 2.23. The van der Waals surface area contributed by atoms with Crippen LogP contribution in [0.15, 0.2) is 40.8 Å². The summed E-state index contributed by atoms with van der Waals surface area (Å²) in [4.78, 5) is 2.21. The standard InChI is InChI=1S/C16H19N3O/c1-18-9-10-19(2)12-15-7-8-16(20-15)14-5-3-13(11-17)4-6-14/h3-8,18H,9-10,12H2,1-2H3. The molecular weight excluding hydrogens is 250 g/mol. The van der Waals surface area contributed by atoms with Crippen molar-refractivity contribution in [3.63, 3.8) is 0 Å². The summed E-state index contributed by atoms with van der Waals surface area (Å²) in [6.07, 6.45) is 0. The number of benzene rings is 1. The van der Waals surface area contributed by atoms with E-state index in [9.17, 15) is 0 Å². The molecule has 0 amide bonds. The van der Waals surface area contributed by atoms with Crippen molar-refractivity contribution < 1.29 is 4.42 Å². The van der Waals surface area contributed by atoms with E-state index in [1.165, 1.54) is 0 Å². The molecule has 0 atom stereocenters. The second-order valence-electron chi connectivity index (χ2n) is 4.80. The van der Waals surface area contributed by atoms with Gasteiger partial charge in [-0.05, 0) is 50.5 Å². The lowest BCUT2D eigenvalue weighted by molar-refractivity contribution is 0.298. The molecule has 1 aromatic heterocycles. The molecular formula is C16H19N3O. The minimum Gasteiger partial charge on any atom is -0.460 e. The number of likely N-dealkylation sites (N-methyl/N-ethyl adjacent to an activating group) is 2. The topological polar surface area (TPSA) is 52.2 Å². The van der Waals surface area contributed by atoms with Gasteiger partial charge in [0, 0.05) is 18.7 Å². The van der Waals surface area contributed by atoms with Gasteiger partial charge in [0.05, 0.1) is 18.2 Å². The second-order valence-corrected chi connectivity index (χ2v) is 4.80. The van der Waals surface area contributed by atoms with Crippen molar-refractivity contribution in [2.75, 3.05) is 27.2 Å². The monoisotopic (exact) mass is 269 g/mol. The van der Waals surface area contributed by atoms with E-state index >= 15 is 0 Å². The van der Waals surface area contributed by atoms with Crippen molar-refractivity contribution in [3.8, 4) is 17.4 Å². The Labute approximate surface area is 119 Å². The maximum atomic E-state index is 8.79. The molecule has 0 saturated heterocycles. The van der Waals surface area contributed by atoms with Crippen LogP contribution in [0.1, 0.15) is 11.3 Å². The lowest BCUT2D eigenvalue weighted by Crippen LogP contribution is -2.26. The van der Waals surface area contributed by atoms with E-state index in [4.69, 9.17) is 9.68 Å². The van der Waals surface area contributed by atoms with Crippen molar-refractivity contribution >= 4 is 0 Å². The number of furan rings is 1. The number of hydrogen-bond acceptors (Lipinski definition) is 4. The van der Waals surface area contributed by atoms with Crippen LogP contribution in [0.3, 0.4) is 0 Å². The van der Waals surface area contributed by atoms with E-state index in [2.05, 4.69) is 23.3 Å². The number of nitriles is 1. The Bertz CT molecular complexity index is 581. The molecule has 0 saturated carbocycles. The zero-order chi connectivity index (χ0) is 14.4. The SMILES string of the molecule is CNCCN(C)Cc1ccc(-c2ccc(C#N)cc2)o1. The van der Waals surface area contributed by atoms with Crippen molar-refractivity contribution in [1.82, 2.24) is 10.2 Å². The van der Waals surface area contributed by atoms with Gasteiger partial charge in [-0.2, -0.15) is 5.26 Å². The Kier molecular flexibility index (Phi) is 4.94. The fraction of sp³-hybridized carbons (Fsp3) is 0.312. The number of hydrogen-bond donors (Lipinski definition) is 1. The summed E-state index contributed by atoms with van der Waals surface area (Å²) in [5, 5.41) is 11.9. The molecule has 2 aromatic rings. The third-order valence-electron chi connectivity index (χ3n) is 3.13. The third-order valence-corrected chi connectivity index (χ3v) is 3.13. The lowest BCUT2D eigenvalue weighted by atomic mass is 10.1. The van der Waals surface area contributed by atoms with Gasteiger partial charge in [-0.1, -0.05) is 0 Å². The molecule has 2 rings (SSSR count). The van der Waals surface area contributed by atoms with Crippen molar-refractivity contribution in [3.05, 3.63) is 47.7 Å². The van der Waals surface area contributed by atoms with E-state index in [-0.39, 0.29) is 0 Å². The van der Waals surface area contributed by atoms with Gasteiger partial charge in [-0.15, -0.1) is 0 Å². The molecule has 0 aliphatic carbocycles. The second kappa shape index (κ2) is 6.90. The molecule has 20 heavy (non-hydrogen) atoms. The Balaban J connectivity index is 2.02. The fourth-order valence-electron chi connectivity index (χ4n) is 1.97. The smallest absolute Gasteiger partial charge is 0.134 e. The molecule has 0 bridgehead atoms. The van der Waals surface area contributed by atoms with Crippen molar-refractivity contribution in [1.29, 1.82) is 5.26 Å². The predicted molar refractivity (Wildman–Crippen MR) is 79.1 cm³/mol.